The van der Waals surface area contributed by atoms with Gasteiger partial charge < -0.3 is 10.4 Å². The number of carbonyl (C=O) groups excluding carboxylic acids is 1. The lowest BCUT2D eigenvalue weighted by Crippen LogP contribution is -2.22. The molecule has 2 rings (SSSR count). The minimum Gasteiger partial charge on any atom is -0.396 e. The molecule has 0 saturated heterocycles. The number of aliphatic hydroxyl groups excluding tert-OH is 1. The van der Waals surface area contributed by atoms with Crippen LogP contribution in [0.4, 0.5) is 0 Å². The number of aliphatic hydroxyl groups is 1. The van der Waals surface area contributed by atoms with Gasteiger partial charge in [-0.3, -0.25) is 4.79 Å². The van der Waals surface area contributed by atoms with E-state index in [0.29, 0.717) is 13.0 Å². The summed E-state index contributed by atoms with van der Waals surface area (Å²) in [5.41, 5.74) is 1.15. The smallest absolute Gasteiger partial charge is 0.244 e. The van der Waals surface area contributed by atoms with Gasteiger partial charge in [0.05, 0.1) is 0 Å². The number of thiophene rings is 1. The Balaban J connectivity index is 1.98. The summed E-state index contributed by atoms with van der Waals surface area (Å²) < 4.78 is 1.05. The third kappa shape index (κ3) is 5.12. The molecule has 0 bridgehead atoms. The molecular weight excluding hydrogens is 350 g/mol. The van der Waals surface area contributed by atoms with Gasteiger partial charge in [-0.25, -0.2) is 0 Å². The lowest BCUT2D eigenvalue weighted by molar-refractivity contribution is -0.116. The summed E-state index contributed by atoms with van der Waals surface area (Å²) in [6, 6.07) is 12.2. The van der Waals surface area contributed by atoms with Gasteiger partial charge in [-0.1, -0.05) is 28.1 Å². The number of amides is 1. The average Bonchev–Trinajstić information content (AvgIpc) is 2.94. The van der Waals surface area contributed by atoms with E-state index in [9.17, 15) is 4.79 Å². The first-order valence-electron chi connectivity index (χ1n) is 6.61. The number of hydrogen-bond donors (Lipinski definition) is 2. The molecule has 1 aromatic heterocycles. The second-order valence-corrected chi connectivity index (χ2v) is 6.44. The van der Waals surface area contributed by atoms with Gasteiger partial charge in [0.2, 0.25) is 5.91 Å². The zero-order valence-electron chi connectivity index (χ0n) is 11.4. The zero-order valence-corrected chi connectivity index (χ0v) is 13.8. The molecule has 5 heteroatoms. The van der Waals surface area contributed by atoms with Crippen molar-refractivity contribution in [2.45, 2.75) is 6.42 Å². The van der Waals surface area contributed by atoms with E-state index in [1.54, 1.807) is 17.4 Å². The van der Waals surface area contributed by atoms with Crippen LogP contribution in [-0.4, -0.2) is 24.2 Å². The first-order valence-corrected chi connectivity index (χ1v) is 8.22. The van der Waals surface area contributed by atoms with Crippen LogP contribution in [0.15, 0.2) is 46.9 Å². The Kier molecular flexibility index (Phi) is 6.17. The first kappa shape index (κ1) is 15.9. The molecule has 0 spiro atoms. The summed E-state index contributed by atoms with van der Waals surface area (Å²) in [6.45, 7) is 0.582. The second-order valence-electron chi connectivity index (χ2n) is 4.41. The molecule has 0 aliphatic heterocycles. The maximum absolute atomic E-state index is 11.5. The SMILES string of the molecule is O=C(/C=C/c1ccc(-c2cccc(Br)c2)s1)NCCCO. The molecule has 0 atom stereocenters. The minimum atomic E-state index is -0.138. The Morgan fingerprint density at radius 1 is 1.33 bits per heavy atom. The van der Waals surface area contributed by atoms with Crippen LogP contribution < -0.4 is 5.32 Å². The summed E-state index contributed by atoms with van der Waals surface area (Å²) in [5.74, 6) is -0.138. The van der Waals surface area contributed by atoms with Crippen LogP contribution in [0.3, 0.4) is 0 Å². The van der Waals surface area contributed by atoms with E-state index in [1.807, 2.05) is 18.2 Å². The van der Waals surface area contributed by atoms with Crippen molar-refractivity contribution in [3.8, 4) is 10.4 Å². The summed E-state index contributed by atoms with van der Waals surface area (Å²) in [6.07, 6.45) is 3.90. The van der Waals surface area contributed by atoms with E-state index in [-0.39, 0.29) is 12.5 Å². The first-order chi connectivity index (χ1) is 10.2. The molecule has 0 radical (unpaired) electrons. The van der Waals surface area contributed by atoms with Crippen LogP contribution in [-0.2, 0) is 4.79 Å². The van der Waals surface area contributed by atoms with Gasteiger partial charge in [-0.2, -0.15) is 0 Å². The Labute approximate surface area is 136 Å². The van der Waals surface area contributed by atoms with Gasteiger partial charge in [0.25, 0.3) is 0 Å². The van der Waals surface area contributed by atoms with E-state index >= 15 is 0 Å². The largest absolute Gasteiger partial charge is 0.396 e. The van der Waals surface area contributed by atoms with E-state index in [1.165, 1.54) is 6.08 Å². The second kappa shape index (κ2) is 8.12. The van der Waals surface area contributed by atoms with Crippen LogP contribution in [0, 0.1) is 0 Å². The fourth-order valence-electron chi connectivity index (χ4n) is 1.75. The molecule has 0 saturated carbocycles. The fourth-order valence-corrected chi connectivity index (χ4v) is 3.05. The molecule has 1 amide bonds. The molecular formula is C16H16BrNO2S. The van der Waals surface area contributed by atoms with Gasteiger partial charge in [-0.05, 0) is 42.3 Å². The number of benzene rings is 1. The molecule has 21 heavy (non-hydrogen) atoms. The van der Waals surface area contributed by atoms with Gasteiger partial charge in [-0.15, -0.1) is 11.3 Å². The van der Waals surface area contributed by atoms with Crippen LogP contribution >= 0.6 is 27.3 Å². The third-order valence-electron chi connectivity index (χ3n) is 2.77. The molecule has 0 aliphatic rings. The lowest BCUT2D eigenvalue weighted by atomic mass is 10.2. The number of carbonyl (C=O) groups is 1. The minimum absolute atomic E-state index is 0.0882. The van der Waals surface area contributed by atoms with Crippen molar-refractivity contribution in [1.82, 2.24) is 5.32 Å². The molecule has 2 N–H and O–H groups in total. The molecule has 1 heterocycles. The van der Waals surface area contributed by atoms with Crippen molar-refractivity contribution < 1.29 is 9.90 Å². The quantitative estimate of drug-likeness (QED) is 0.605. The van der Waals surface area contributed by atoms with E-state index in [4.69, 9.17) is 5.11 Å². The molecule has 2 aromatic rings. The lowest BCUT2D eigenvalue weighted by Gasteiger charge is -1.98. The van der Waals surface area contributed by atoms with E-state index in [2.05, 4.69) is 39.4 Å². The molecule has 0 aliphatic carbocycles. The number of halogens is 1. The van der Waals surface area contributed by atoms with Crippen molar-refractivity contribution in [2.24, 2.45) is 0 Å². The van der Waals surface area contributed by atoms with Crippen molar-refractivity contribution >= 4 is 39.2 Å². The molecule has 110 valence electrons. The highest BCUT2D eigenvalue weighted by atomic mass is 79.9. The van der Waals surface area contributed by atoms with Crippen molar-refractivity contribution in [1.29, 1.82) is 0 Å². The highest BCUT2D eigenvalue weighted by Gasteiger charge is 2.02. The van der Waals surface area contributed by atoms with Crippen LogP contribution in [0.5, 0.6) is 0 Å². The normalized spacial score (nSPS) is 11.0. The van der Waals surface area contributed by atoms with E-state index < -0.39 is 0 Å². The van der Waals surface area contributed by atoms with Crippen LogP contribution in [0.1, 0.15) is 11.3 Å². The average molecular weight is 366 g/mol. The van der Waals surface area contributed by atoms with Gasteiger partial charge >= 0.3 is 0 Å². The summed E-state index contributed by atoms with van der Waals surface area (Å²) in [5, 5.41) is 11.4. The van der Waals surface area contributed by atoms with Crippen molar-refractivity contribution in [3.05, 3.63) is 51.8 Å². The predicted octanol–water partition coefficient (Wildman–Crippen LogP) is 3.69. The fraction of sp³-hybridized carbons (Fsp3) is 0.188. The monoisotopic (exact) mass is 365 g/mol. The highest BCUT2D eigenvalue weighted by Crippen LogP contribution is 2.30. The van der Waals surface area contributed by atoms with Crippen molar-refractivity contribution in [3.63, 3.8) is 0 Å². The Bertz CT molecular complexity index is 637. The Morgan fingerprint density at radius 3 is 2.95 bits per heavy atom. The van der Waals surface area contributed by atoms with Crippen LogP contribution in [0.25, 0.3) is 16.5 Å². The number of hydrogen-bond acceptors (Lipinski definition) is 3. The molecule has 1 aromatic carbocycles. The zero-order chi connectivity index (χ0) is 15.1. The maximum atomic E-state index is 11.5. The predicted molar refractivity (Wildman–Crippen MR) is 91.2 cm³/mol. The standard InChI is InChI=1S/C16H16BrNO2S/c17-13-4-1-3-12(11-13)15-7-5-14(21-15)6-8-16(20)18-9-2-10-19/h1,3-8,11,19H,2,9-10H2,(H,18,20)/b8-6+. The maximum Gasteiger partial charge on any atom is 0.244 e. The van der Waals surface area contributed by atoms with Crippen LogP contribution in [0.2, 0.25) is 0 Å². The third-order valence-corrected chi connectivity index (χ3v) is 4.36. The summed E-state index contributed by atoms with van der Waals surface area (Å²) >= 11 is 5.10. The van der Waals surface area contributed by atoms with Gasteiger partial charge in [0.15, 0.2) is 0 Å². The van der Waals surface area contributed by atoms with E-state index in [0.717, 1.165) is 19.8 Å². The molecule has 3 nitrogen and oxygen atoms in total. The molecule has 0 unspecified atom stereocenters. The Morgan fingerprint density at radius 2 is 2.19 bits per heavy atom. The number of rotatable bonds is 6. The molecule has 0 fully saturated rings. The summed E-state index contributed by atoms with van der Waals surface area (Å²) in [7, 11) is 0. The topological polar surface area (TPSA) is 49.3 Å². The Hall–Kier alpha value is -1.43. The van der Waals surface area contributed by atoms with Gasteiger partial charge in [0.1, 0.15) is 0 Å². The number of nitrogens with one attached hydrogen (secondary N) is 1. The summed E-state index contributed by atoms with van der Waals surface area (Å²) in [4.78, 5) is 13.7. The van der Waals surface area contributed by atoms with Gasteiger partial charge in [0, 0.05) is 33.5 Å². The highest BCUT2D eigenvalue weighted by molar-refractivity contribution is 9.10. The van der Waals surface area contributed by atoms with Crippen molar-refractivity contribution in [2.75, 3.05) is 13.2 Å².